The van der Waals surface area contributed by atoms with Crippen LogP contribution in [0.15, 0.2) is 23.6 Å². The molecule has 0 atom stereocenters. The third-order valence-corrected chi connectivity index (χ3v) is 3.15. The maximum absolute atomic E-state index is 5.51. The molecule has 0 saturated heterocycles. The number of rotatable bonds is 6. The second-order valence-corrected chi connectivity index (χ2v) is 4.38. The summed E-state index contributed by atoms with van der Waals surface area (Å²) in [7, 11) is 0. The van der Waals surface area contributed by atoms with Crippen LogP contribution in [0.3, 0.4) is 0 Å². The van der Waals surface area contributed by atoms with E-state index in [0.29, 0.717) is 13.2 Å². The Kier molecular flexibility index (Phi) is 4.30. The minimum absolute atomic E-state index is 0.355. The highest BCUT2D eigenvalue weighted by molar-refractivity contribution is 7.13. The monoisotopic (exact) mass is 252 g/mol. The van der Waals surface area contributed by atoms with Crippen LogP contribution in [0, 0.1) is 0 Å². The molecule has 2 rings (SSSR count). The van der Waals surface area contributed by atoms with Gasteiger partial charge in [-0.3, -0.25) is 5.10 Å². The lowest BCUT2D eigenvalue weighted by Gasteiger charge is -2.14. The summed E-state index contributed by atoms with van der Waals surface area (Å²) >= 11 is 1.66. The number of aromatic amines is 1. The zero-order chi connectivity index (χ0) is 12.1. The predicted octanol–water partition coefficient (Wildman–Crippen LogP) is 3.21. The predicted molar refractivity (Wildman–Crippen MR) is 67.9 cm³/mol. The normalized spacial score (nSPS) is 11.2. The smallest absolute Gasteiger partial charge is 0.200 e. The van der Waals surface area contributed by atoms with Crippen molar-refractivity contribution in [1.82, 2.24) is 10.2 Å². The van der Waals surface area contributed by atoms with E-state index in [1.807, 2.05) is 37.4 Å². The number of nitrogens with zero attached hydrogens (tertiary/aromatic N) is 1. The van der Waals surface area contributed by atoms with Crippen molar-refractivity contribution in [2.24, 2.45) is 0 Å². The van der Waals surface area contributed by atoms with Gasteiger partial charge in [0.2, 0.25) is 0 Å². The average Bonchev–Trinajstić information content (AvgIpc) is 2.99. The van der Waals surface area contributed by atoms with Gasteiger partial charge in [0.15, 0.2) is 6.29 Å². The van der Waals surface area contributed by atoms with E-state index >= 15 is 0 Å². The average molecular weight is 252 g/mol. The molecule has 0 spiro atoms. The molecule has 0 radical (unpaired) electrons. The minimum atomic E-state index is -0.355. The van der Waals surface area contributed by atoms with E-state index in [1.165, 1.54) is 0 Å². The van der Waals surface area contributed by atoms with Crippen molar-refractivity contribution in [3.63, 3.8) is 0 Å². The summed E-state index contributed by atoms with van der Waals surface area (Å²) in [6, 6.07) is 6.03. The van der Waals surface area contributed by atoms with E-state index in [0.717, 1.165) is 16.3 Å². The molecule has 0 aliphatic heterocycles. The van der Waals surface area contributed by atoms with Gasteiger partial charge in [-0.25, -0.2) is 0 Å². The summed E-state index contributed by atoms with van der Waals surface area (Å²) in [4.78, 5) is 1.14. The number of H-pyrrole nitrogens is 1. The lowest BCUT2D eigenvalue weighted by Crippen LogP contribution is -2.09. The van der Waals surface area contributed by atoms with E-state index < -0.39 is 0 Å². The van der Waals surface area contributed by atoms with Crippen molar-refractivity contribution < 1.29 is 9.47 Å². The number of hydrogen-bond acceptors (Lipinski definition) is 4. The van der Waals surface area contributed by atoms with Gasteiger partial charge in [0.1, 0.15) is 5.69 Å². The van der Waals surface area contributed by atoms with Crippen molar-refractivity contribution >= 4 is 11.3 Å². The molecular formula is C12H16N2O2S. The summed E-state index contributed by atoms with van der Waals surface area (Å²) in [5.41, 5.74) is 1.79. The molecule has 2 heterocycles. The molecule has 0 unspecified atom stereocenters. The van der Waals surface area contributed by atoms with Crippen molar-refractivity contribution in [2.45, 2.75) is 20.1 Å². The minimum Gasteiger partial charge on any atom is -0.347 e. The molecule has 2 aromatic rings. The lowest BCUT2D eigenvalue weighted by atomic mass is 10.3. The summed E-state index contributed by atoms with van der Waals surface area (Å²) in [6.07, 6.45) is -0.355. The molecule has 5 heteroatoms. The van der Waals surface area contributed by atoms with Crippen LogP contribution in [0.25, 0.3) is 10.6 Å². The third-order valence-electron chi connectivity index (χ3n) is 2.26. The molecular weight excluding hydrogens is 236 g/mol. The topological polar surface area (TPSA) is 47.1 Å². The summed E-state index contributed by atoms with van der Waals surface area (Å²) < 4.78 is 11.0. The van der Waals surface area contributed by atoms with E-state index in [1.54, 1.807) is 11.3 Å². The van der Waals surface area contributed by atoms with Crippen molar-refractivity contribution in [1.29, 1.82) is 0 Å². The van der Waals surface area contributed by atoms with Gasteiger partial charge in [-0.2, -0.15) is 5.10 Å². The highest BCUT2D eigenvalue weighted by Gasteiger charge is 2.15. The highest BCUT2D eigenvalue weighted by atomic mass is 32.1. The first-order chi connectivity index (χ1) is 8.35. The second kappa shape index (κ2) is 5.95. The van der Waals surface area contributed by atoms with E-state index in [2.05, 4.69) is 10.2 Å². The quantitative estimate of drug-likeness (QED) is 0.803. The molecule has 0 aliphatic rings. The Balaban J connectivity index is 2.15. The van der Waals surface area contributed by atoms with Crippen LogP contribution >= 0.6 is 11.3 Å². The van der Waals surface area contributed by atoms with Crippen LogP contribution in [-0.4, -0.2) is 23.4 Å². The Morgan fingerprint density at radius 1 is 1.35 bits per heavy atom. The van der Waals surface area contributed by atoms with Gasteiger partial charge in [0, 0.05) is 13.2 Å². The Labute approximate surface area is 105 Å². The summed E-state index contributed by atoms with van der Waals surface area (Å²) in [5.74, 6) is 0. The molecule has 1 N–H and O–H groups in total. The summed E-state index contributed by atoms with van der Waals surface area (Å²) in [6.45, 7) is 5.11. The number of hydrogen-bond donors (Lipinski definition) is 1. The Morgan fingerprint density at radius 2 is 2.12 bits per heavy atom. The highest BCUT2D eigenvalue weighted by Crippen LogP contribution is 2.26. The van der Waals surface area contributed by atoms with E-state index in [-0.39, 0.29) is 6.29 Å². The van der Waals surface area contributed by atoms with Crippen LogP contribution in [0.5, 0.6) is 0 Å². The molecule has 0 fully saturated rings. The Hall–Kier alpha value is -1.17. The van der Waals surface area contributed by atoms with Crippen LogP contribution in [0.4, 0.5) is 0 Å². The first-order valence-electron chi connectivity index (χ1n) is 5.67. The molecule has 2 aromatic heterocycles. The second-order valence-electron chi connectivity index (χ2n) is 3.43. The van der Waals surface area contributed by atoms with Gasteiger partial charge >= 0.3 is 0 Å². The zero-order valence-electron chi connectivity index (χ0n) is 9.97. The van der Waals surface area contributed by atoms with Crippen molar-refractivity contribution in [3.05, 3.63) is 29.3 Å². The molecule has 0 amide bonds. The number of ether oxygens (including phenoxy) is 2. The zero-order valence-corrected chi connectivity index (χ0v) is 10.8. The number of nitrogens with one attached hydrogen (secondary N) is 1. The molecule has 0 bridgehead atoms. The van der Waals surface area contributed by atoms with Gasteiger partial charge in [0.25, 0.3) is 0 Å². The fourth-order valence-corrected chi connectivity index (χ4v) is 2.22. The molecule has 17 heavy (non-hydrogen) atoms. The van der Waals surface area contributed by atoms with Gasteiger partial charge in [0.05, 0.1) is 10.6 Å². The van der Waals surface area contributed by atoms with Crippen LogP contribution in [-0.2, 0) is 9.47 Å². The fourth-order valence-electron chi connectivity index (χ4n) is 1.54. The Morgan fingerprint density at radius 3 is 2.71 bits per heavy atom. The van der Waals surface area contributed by atoms with Gasteiger partial charge in [-0.1, -0.05) is 6.07 Å². The van der Waals surface area contributed by atoms with E-state index in [9.17, 15) is 0 Å². The first kappa shape index (κ1) is 12.3. The molecule has 0 aliphatic carbocycles. The number of thiophene rings is 1. The van der Waals surface area contributed by atoms with Gasteiger partial charge < -0.3 is 9.47 Å². The molecule has 4 nitrogen and oxygen atoms in total. The van der Waals surface area contributed by atoms with Crippen LogP contribution in [0.2, 0.25) is 0 Å². The maximum Gasteiger partial charge on any atom is 0.200 e. The molecule has 0 saturated carbocycles. The first-order valence-corrected chi connectivity index (χ1v) is 6.55. The molecule has 92 valence electrons. The SMILES string of the molecule is CCOC(OCC)c1cc(-c2cccs2)n[nH]1. The van der Waals surface area contributed by atoms with Gasteiger partial charge in [-0.05, 0) is 31.4 Å². The molecule has 0 aromatic carbocycles. The summed E-state index contributed by atoms with van der Waals surface area (Å²) in [5, 5.41) is 9.27. The largest absolute Gasteiger partial charge is 0.347 e. The van der Waals surface area contributed by atoms with Gasteiger partial charge in [-0.15, -0.1) is 11.3 Å². The lowest BCUT2D eigenvalue weighted by molar-refractivity contribution is -0.142. The van der Waals surface area contributed by atoms with Crippen LogP contribution < -0.4 is 0 Å². The third kappa shape index (κ3) is 2.94. The standard InChI is InChI=1S/C12H16N2O2S/c1-3-15-12(16-4-2)10-8-9(13-14-10)11-6-5-7-17-11/h5-8,12H,3-4H2,1-2H3,(H,13,14). The van der Waals surface area contributed by atoms with Crippen LogP contribution in [0.1, 0.15) is 25.8 Å². The Bertz CT molecular complexity index is 433. The van der Waals surface area contributed by atoms with E-state index in [4.69, 9.17) is 9.47 Å². The fraction of sp³-hybridized carbons (Fsp3) is 0.417. The van der Waals surface area contributed by atoms with Crippen molar-refractivity contribution in [2.75, 3.05) is 13.2 Å². The van der Waals surface area contributed by atoms with Crippen molar-refractivity contribution in [3.8, 4) is 10.6 Å². The maximum atomic E-state index is 5.51. The number of aromatic nitrogens is 2.